The molecule has 1 saturated heterocycles. The lowest BCUT2D eigenvalue weighted by atomic mass is 9.47. The third-order valence-corrected chi connectivity index (χ3v) is 12.3. The molecule has 5 rings (SSSR count). The molecule has 0 aromatic heterocycles. The molecule has 4 fully saturated rings. The zero-order chi connectivity index (χ0) is 29.0. The molecular weight excluding hydrogens is 500 g/mol. The van der Waals surface area contributed by atoms with E-state index >= 15 is 0 Å². The van der Waals surface area contributed by atoms with E-state index in [0.717, 1.165) is 43.4 Å². The molecule has 1 heterocycles. The SMILES string of the molecule is C[C@H](CCC(=O)N1CCN(C(=O)OC(C)(C)C)C[C@H]1C)[C@H]1CC[C@H]2[C@@H]3CC=C4C[C@@H](O)CC[C@]4(C)[C@H]3CC[C@]12C. The van der Waals surface area contributed by atoms with Gasteiger partial charge in [0, 0.05) is 32.1 Å². The molecule has 0 unspecified atom stereocenters. The Morgan fingerprint density at radius 3 is 2.55 bits per heavy atom. The van der Waals surface area contributed by atoms with Crippen molar-refractivity contribution in [1.82, 2.24) is 9.80 Å². The Balaban J connectivity index is 1.16. The third kappa shape index (κ3) is 5.47. The van der Waals surface area contributed by atoms with E-state index in [-0.39, 0.29) is 24.1 Å². The number of aliphatic hydroxyl groups excluding tert-OH is 1. The Kier molecular flexibility index (Phi) is 8.18. The number of carbonyl (C=O) groups is 2. The number of hydrogen-bond acceptors (Lipinski definition) is 4. The van der Waals surface area contributed by atoms with Crippen LogP contribution in [0.5, 0.6) is 0 Å². The quantitative estimate of drug-likeness (QED) is 0.386. The average molecular weight is 557 g/mol. The van der Waals surface area contributed by atoms with Crippen LogP contribution < -0.4 is 0 Å². The fourth-order valence-electron chi connectivity index (χ4n) is 10.1. The van der Waals surface area contributed by atoms with E-state index in [9.17, 15) is 14.7 Å². The summed E-state index contributed by atoms with van der Waals surface area (Å²) in [6.45, 7) is 16.9. The molecule has 226 valence electrons. The molecule has 6 nitrogen and oxygen atoms in total. The topological polar surface area (TPSA) is 70.1 Å². The van der Waals surface area contributed by atoms with Crippen LogP contribution in [0.2, 0.25) is 0 Å². The summed E-state index contributed by atoms with van der Waals surface area (Å²) in [5.41, 5.74) is 1.72. The maximum Gasteiger partial charge on any atom is 0.410 e. The van der Waals surface area contributed by atoms with E-state index < -0.39 is 5.60 Å². The molecular formula is C34H56N2O4. The van der Waals surface area contributed by atoms with Crippen LogP contribution in [0.15, 0.2) is 11.6 Å². The van der Waals surface area contributed by atoms with Crippen molar-refractivity contribution in [3.05, 3.63) is 11.6 Å². The molecule has 1 N–H and O–H groups in total. The second kappa shape index (κ2) is 10.9. The first-order valence-corrected chi connectivity index (χ1v) is 16.4. The molecule has 0 aromatic carbocycles. The molecule has 0 bridgehead atoms. The summed E-state index contributed by atoms with van der Waals surface area (Å²) >= 11 is 0. The molecule has 3 saturated carbocycles. The van der Waals surface area contributed by atoms with Gasteiger partial charge in [-0.05, 0) is 126 Å². The fourth-order valence-corrected chi connectivity index (χ4v) is 10.1. The van der Waals surface area contributed by atoms with Gasteiger partial charge in [0.25, 0.3) is 0 Å². The van der Waals surface area contributed by atoms with Crippen LogP contribution >= 0.6 is 0 Å². The van der Waals surface area contributed by atoms with E-state index in [2.05, 4.69) is 33.8 Å². The van der Waals surface area contributed by atoms with Gasteiger partial charge in [-0.2, -0.15) is 0 Å². The van der Waals surface area contributed by atoms with Crippen molar-refractivity contribution in [3.8, 4) is 0 Å². The van der Waals surface area contributed by atoms with Gasteiger partial charge in [0.05, 0.1) is 6.10 Å². The highest BCUT2D eigenvalue weighted by atomic mass is 16.6. The van der Waals surface area contributed by atoms with Gasteiger partial charge < -0.3 is 19.6 Å². The molecule has 5 aliphatic rings. The normalized spacial score (nSPS) is 40.5. The van der Waals surface area contributed by atoms with Crippen molar-refractivity contribution >= 4 is 12.0 Å². The Morgan fingerprint density at radius 1 is 1.10 bits per heavy atom. The fraction of sp³-hybridized carbons (Fsp3) is 0.882. The molecule has 0 spiro atoms. The Labute approximate surface area is 243 Å². The number of hydrogen-bond donors (Lipinski definition) is 1. The monoisotopic (exact) mass is 556 g/mol. The highest BCUT2D eigenvalue weighted by Crippen LogP contribution is 2.67. The smallest absolute Gasteiger partial charge is 0.410 e. The number of nitrogens with zero attached hydrogens (tertiary/aromatic N) is 2. The standard InChI is InChI=1S/C34H56N2O4/c1-22(8-13-30(38)36-19-18-35(21-23(36)2)31(39)40-32(3,4)5)27-11-12-28-26-10-9-24-20-25(37)14-16-33(24,6)29(26)15-17-34(27,28)7/h9,22-23,25-29,37H,8,10-21H2,1-7H3/t22-,23-,25+,26+,27-,28+,29+,33+,34-/m1/s1. The lowest BCUT2D eigenvalue weighted by Gasteiger charge is -2.58. The number of rotatable bonds is 4. The van der Waals surface area contributed by atoms with E-state index in [1.165, 1.54) is 32.1 Å². The van der Waals surface area contributed by atoms with Crippen LogP contribution in [0.3, 0.4) is 0 Å². The maximum absolute atomic E-state index is 13.3. The Morgan fingerprint density at radius 2 is 1.85 bits per heavy atom. The summed E-state index contributed by atoms with van der Waals surface area (Å²) in [5, 5.41) is 10.3. The van der Waals surface area contributed by atoms with Gasteiger partial charge in [-0.3, -0.25) is 4.79 Å². The first-order valence-electron chi connectivity index (χ1n) is 16.4. The predicted molar refractivity (Wildman–Crippen MR) is 159 cm³/mol. The minimum atomic E-state index is -0.507. The zero-order valence-corrected chi connectivity index (χ0v) is 26.4. The lowest BCUT2D eigenvalue weighted by Crippen LogP contribution is -2.56. The first kappa shape index (κ1) is 29.9. The molecule has 4 aliphatic carbocycles. The number of aliphatic hydroxyl groups is 1. The minimum absolute atomic E-state index is 0.0132. The molecule has 1 aliphatic heterocycles. The van der Waals surface area contributed by atoms with Crippen LogP contribution in [-0.4, -0.2) is 64.3 Å². The second-order valence-electron chi connectivity index (χ2n) is 15.8. The number of piperazine rings is 1. The van der Waals surface area contributed by atoms with E-state index in [0.29, 0.717) is 48.7 Å². The van der Waals surface area contributed by atoms with Gasteiger partial charge in [0.2, 0.25) is 5.91 Å². The minimum Gasteiger partial charge on any atom is -0.444 e. The van der Waals surface area contributed by atoms with Crippen LogP contribution in [0.25, 0.3) is 0 Å². The molecule has 40 heavy (non-hydrogen) atoms. The van der Waals surface area contributed by atoms with E-state index in [1.54, 1.807) is 10.5 Å². The Bertz CT molecular complexity index is 1000. The summed E-state index contributed by atoms with van der Waals surface area (Å²) in [5.74, 6) is 3.82. The van der Waals surface area contributed by atoms with E-state index in [1.807, 2.05) is 25.7 Å². The van der Waals surface area contributed by atoms with Gasteiger partial charge in [0.15, 0.2) is 0 Å². The van der Waals surface area contributed by atoms with Gasteiger partial charge in [0.1, 0.15) is 5.60 Å². The zero-order valence-electron chi connectivity index (χ0n) is 26.4. The number of amides is 2. The lowest BCUT2D eigenvalue weighted by molar-refractivity contribution is -0.136. The summed E-state index contributed by atoms with van der Waals surface area (Å²) < 4.78 is 5.55. The number of fused-ring (bicyclic) bond motifs is 5. The summed E-state index contributed by atoms with van der Waals surface area (Å²) in [6.07, 6.45) is 13.2. The summed E-state index contributed by atoms with van der Waals surface area (Å²) in [6, 6.07) is 0.0132. The largest absolute Gasteiger partial charge is 0.444 e. The van der Waals surface area contributed by atoms with Crippen molar-refractivity contribution in [1.29, 1.82) is 0 Å². The van der Waals surface area contributed by atoms with Crippen molar-refractivity contribution in [2.45, 2.75) is 130 Å². The highest BCUT2D eigenvalue weighted by molar-refractivity contribution is 5.77. The second-order valence-corrected chi connectivity index (χ2v) is 15.8. The molecule has 9 atom stereocenters. The molecule has 0 aromatic rings. The van der Waals surface area contributed by atoms with Gasteiger partial charge in [-0.1, -0.05) is 32.4 Å². The predicted octanol–water partition coefficient (Wildman–Crippen LogP) is 6.81. The first-order chi connectivity index (χ1) is 18.7. The van der Waals surface area contributed by atoms with Crippen LogP contribution in [-0.2, 0) is 9.53 Å². The van der Waals surface area contributed by atoms with Crippen LogP contribution in [0, 0.1) is 40.4 Å². The number of allylic oxidation sites excluding steroid dienone is 1. The summed E-state index contributed by atoms with van der Waals surface area (Å²) in [7, 11) is 0. The molecule has 2 amide bonds. The Hall–Kier alpha value is -1.56. The van der Waals surface area contributed by atoms with Crippen LogP contribution in [0.4, 0.5) is 4.79 Å². The average Bonchev–Trinajstić information content (AvgIpc) is 3.23. The molecule has 6 heteroatoms. The number of ether oxygens (including phenoxy) is 1. The molecule has 0 radical (unpaired) electrons. The van der Waals surface area contributed by atoms with Gasteiger partial charge in [-0.15, -0.1) is 0 Å². The number of carbonyl (C=O) groups excluding carboxylic acids is 2. The highest BCUT2D eigenvalue weighted by Gasteiger charge is 2.59. The van der Waals surface area contributed by atoms with Crippen molar-refractivity contribution in [3.63, 3.8) is 0 Å². The third-order valence-electron chi connectivity index (χ3n) is 12.3. The van der Waals surface area contributed by atoms with Gasteiger partial charge >= 0.3 is 6.09 Å². The summed E-state index contributed by atoms with van der Waals surface area (Å²) in [4.78, 5) is 29.6. The van der Waals surface area contributed by atoms with Crippen molar-refractivity contribution < 1.29 is 19.4 Å². The maximum atomic E-state index is 13.3. The van der Waals surface area contributed by atoms with Crippen molar-refractivity contribution in [2.75, 3.05) is 19.6 Å². The van der Waals surface area contributed by atoms with E-state index in [4.69, 9.17) is 4.74 Å². The van der Waals surface area contributed by atoms with Crippen molar-refractivity contribution in [2.24, 2.45) is 40.4 Å². The van der Waals surface area contributed by atoms with Crippen LogP contribution in [0.1, 0.15) is 113 Å². The van der Waals surface area contributed by atoms with Gasteiger partial charge in [-0.25, -0.2) is 4.79 Å².